The van der Waals surface area contributed by atoms with Gasteiger partial charge in [-0.15, -0.1) is 0 Å². The van der Waals surface area contributed by atoms with Gasteiger partial charge in [0.05, 0.1) is 18.7 Å². The summed E-state index contributed by atoms with van der Waals surface area (Å²) in [6, 6.07) is 17.0. The van der Waals surface area contributed by atoms with E-state index in [4.69, 9.17) is 4.74 Å². The fourth-order valence-corrected chi connectivity index (χ4v) is 3.25. The number of methoxy groups -OCH3 is 1. The lowest BCUT2D eigenvalue weighted by molar-refractivity contribution is -0.124. The van der Waals surface area contributed by atoms with Crippen LogP contribution in [0.25, 0.3) is 0 Å². The molecule has 5 heteroatoms. The molecule has 1 fully saturated rings. The number of benzene rings is 2. The van der Waals surface area contributed by atoms with Gasteiger partial charge in [0.2, 0.25) is 11.8 Å². The van der Waals surface area contributed by atoms with Crippen LogP contribution in [0.4, 0.5) is 11.4 Å². The summed E-state index contributed by atoms with van der Waals surface area (Å²) in [5.74, 6) is 0.225. The van der Waals surface area contributed by atoms with Gasteiger partial charge in [0.1, 0.15) is 5.75 Å². The van der Waals surface area contributed by atoms with Gasteiger partial charge in [0, 0.05) is 25.2 Å². The Morgan fingerprint density at radius 2 is 1.84 bits per heavy atom. The molecule has 1 heterocycles. The van der Waals surface area contributed by atoms with E-state index in [9.17, 15) is 9.59 Å². The number of hydrogen-bond donors (Lipinski definition) is 0. The molecule has 0 radical (unpaired) electrons. The molecule has 0 bridgehead atoms. The highest BCUT2D eigenvalue weighted by molar-refractivity contribution is 6.05. The quantitative estimate of drug-likeness (QED) is 0.842. The number of hydrogen-bond acceptors (Lipinski definition) is 3. The van der Waals surface area contributed by atoms with Crippen molar-refractivity contribution in [2.75, 3.05) is 30.0 Å². The molecule has 1 atom stereocenters. The number of amides is 2. The summed E-state index contributed by atoms with van der Waals surface area (Å²) < 4.78 is 5.35. The van der Waals surface area contributed by atoms with Crippen LogP contribution in [-0.4, -0.2) is 32.0 Å². The normalized spacial score (nSPS) is 16.8. The van der Waals surface area contributed by atoms with Gasteiger partial charge >= 0.3 is 0 Å². The zero-order valence-corrected chi connectivity index (χ0v) is 14.5. The first-order valence-electron chi connectivity index (χ1n) is 8.45. The highest BCUT2D eigenvalue weighted by Crippen LogP contribution is 2.33. The van der Waals surface area contributed by atoms with Crippen LogP contribution in [0.15, 0.2) is 54.6 Å². The van der Waals surface area contributed by atoms with Crippen LogP contribution in [0.3, 0.4) is 0 Å². The minimum Gasteiger partial charge on any atom is -0.495 e. The highest BCUT2D eigenvalue weighted by atomic mass is 16.5. The largest absolute Gasteiger partial charge is 0.495 e. The van der Waals surface area contributed by atoms with E-state index < -0.39 is 0 Å². The molecular weight excluding hydrogens is 316 g/mol. The number of para-hydroxylation sites is 3. The maximum Gasteiger partial charge on any atom is 0.232 e. The standard InChI is InChI=1S/C20H22N2O3/c1-3-21(16-9-5-4-6-10-16)20(24)15-13-19(23)22(14-15)17-11-7-8-12-18(17)25-2/h4-12,15H,3,13-14H2,1-2H3. The Kier molecular flexibility index (Phi) is 5.03. The van der Waals surface area contributed by atoms with Crippen LogP contribution in [0, 0.1) is 5.92 Å². The van der Waals surface area contributed by atoms with Crippen LogP contribution in [0.1, 0.15) is 13.3 Å². The summed E-state index contributed by atoms with van der Waals surface area (Å²) in [5, 5.41) is 0. The SMILES string of the molecule is CCN(C(=O)C1CC(=O)N(c2ccccc2OC)C1)c1ccccc1. The molecule has 0 aromatic heterocycles. The fourth-order valence-electron chi connectivity index (χ4n) is 3.25. The molecule has 1 aliphatic heterocycles. The Morgan fingerprint density at radius 3 is 2.52 bits per heavy atom. The van der Waals surface area contributed by atoms with Crippen LogP contribution < -0.4 is 14.5 Å². The topological polar surface area (TPSA) is 49.9 Å². The first kappa shape index (κ1) is 17.0. The molecule has 0 aliphatic carbocycles. The van der Waals surface area contributed by atoms with Crippen LogP contribution in [-0.2, 0) is 9.59 Å². The second-order valence-electron chi connectivity index (χ2n) is 6.00. The van der Waals surface area contributed by atoms with Gasteiger partial charge in [-0.3, -0.25) is 9.59 Å². The number of anilines is 2. The minimum atomic E-state index is -0.349. The van der Waals surface area contributed by atoms with E-state index in [0.29, 0.717) is 24.5 Å². The number of carbonyl (C=O) groups is 2. The van der Waals surface area contributed by atoms with Crippen molar-refractivity contribution in [1.29, 1.82) is 0 Å². The van der Waals surface area contributed by atoms with Gasteiger partial charge in [0.15, 0.2) is 0 Å². The average molecular weight is 338 g/mol. The Balaban J connectivity index is 1.81. The first-order chi connectivity index (χ1) is 12.2. The third kappa shape index (κ3) is 3.36. The smallest absolute Gasteiger partial charge is 0.232 e. The summed E-state index contributed by atoms with van der Waals surface area (Å²) in [6.45, 7) is 2.89. The molecule has 1 aliphatic rings. The Morgan fingerprint density at radius 1 is 1.16 bits per heavy atom. The third-order valence-electron chi connectivity index (χ3n) is 4.50. The zero-order valence-electron chi connectivity index (χ0n) is 14.5. The summed E-state index contributed by atoms with van der Waals surface area (Å²) in [7, 11) is 1.58. The van der Waals surface area contributed by atoms with Gasteiger partial charge in [-0.05, 0) is 31.2 Å². The van der Waals surface area contributed by atoms with Crippen molar-refractivity contribution in [3.05, 3.63) is 54.6 Å². The van der Waals surface area contributed by atoms with Crippen LogP contribution >= 0.6 is 0 Å². The van der Waals surface area contributed by atoms with E-state index in [1.807, 2.05) is 61.5 Å². The van der Waals surface area contributed by atoms with E-state index in [-0.39, 0.29) is 24.2 Å². The van der Waals surface area contributed by atoms with E-state index in [1.54, 1.807) is 16.9 Å². The van der Waals surface area contributed by atoms with E-state index in [0.717, 1.165) is 5.69 Å². The molecule has 2 aromatic carbocycles. The maximum absolute atomic E-state index is 13.0. The van der Waals surface area contributed by atoms with E-state index >= 15 is 0 Å². The van der Waals surface area contributed by atoms with E-state index in [1.165, 1.54) is 0 Å². The predicted octanol–water partition coefficient (Wildman–Crippen LogP) is 3.10. The summed E-state index contributed by atoms with van der Waals surface area (Å²) >= 11 is 0. The lowest BCUT2D eigenvalue weighted by Crippen LogP contribution is -2.37. The molecule has 130 valence electrons. The average Bonchev–Trinajstić information content (AvgIpc) is 3.04. The second kappa shape index (κ2) is 7.38. The molecule has 1 saturated heterocycles. The van der Waals surface area contributed by atoms with Crippen molar-refractivity contribution in [2.24, 2.45) is 5.92 Å². The van der Waals surface area contributed by atoms with Gasteiger partial charge in [-0.25, -0.2) is 0 Å². The van der Waals surface area contributed by atoms with Crippen molar-refractivity contribution in [3.63, 3.8) is 0 Å². The van der Waals surface area contributed by atoms with Crippen molar-refractivity contribution >= 4 is 23.2 Å². The zero-order chi connectivity index (χ0) is 17.8. The maximum atomic E-state index is 13.0. The van der Waals surface area contributed by atoms with Gasteiger partial charge < -0.3 is 14.5 Å². The number of rotatable bonds is 5. The molecule has 2 aromatic rings. The molecule has 0 saturated carbocycles. The van der Waals surface area contributed by atoms with Gasteiger partial charge in [-0.1, -0.05) is 30.3 Å². The summed E-state index contributed by atoms with van der Waals surface area (Å²) in [4.78, 5) is 28.9. The van der Waals surface area contributed by atoms with Crippen molar-refractivity contribution < 1.29 is 14.3 Å². The summed E-state index contributed by atoms with van der Waals surface area (Å²) in [5.41, 5.74) is 1.58. The minimum absolute atomic E-state index is 0.0144. The van der Waals surface area contributed by atoms with E-state index in [2.05, 4.69) is 0 Å². The first-order valence-corrected chi connectivity index (χ1v) is 8.45. The molecule has 2 amide bonds. The van der Waals surface area contributed by atoms with Crippen molar-refractivity contribution in [2.45, 2.75) is 13.3 Å². The van der Waals surface area contributed by atoms with Gasteiger partial charge in [-0.2, -0.15) is 0 Å². The molecule has 25 heavy (non-hydrogen) atoms. The highest BCUT2D eigenvalue weighted by Gasteiger charge is 2.38. The fraction of sp³-hybridized carbons (Fsp3) is 0.300. The van der Waals surface area contributed by atoms with Gasteiger partial charge in [0.25, 0.3) is 0 Å². The predicted molar refractivity (Wildman–Crippen MR) is 97.9 cm³/mol. The van der Waals surface area contributed by atoms with Crippen LogP contribution in [0.2, 0.25) is 0 Å². The third-order valence-corrected chi connectivity index (χ3v) is 4.50. The summed E-state index contributed by atoms with van der Waals surface area (Å²) in [6.07, 6.45) is 0.222. The number of carbonyl (C=O) groups excluding carboxylic acids is 2. The monoisotopic (exact) mass is 338 g/mol. The molecule has 3 rings (SSSR count). The van der Waals surface area contributed by atoms with Crippen molar-refractivity contribution in [3.8, 4) is 5.75 Å². The molecule has 1 unspecified atom stereocenters. The molecule has 5 nitrogen and oxygen atoms in total. The lowest BCUT2D eigenvalue weighted by Gasteiger charge is -2.24. The number of nitrogens with zero attached hydrogens (tertiary/aromatic N) is 2. The lowest BCUT2D eigenvalue weighted by atomic mass is 10.1. The Hall–Kier alpha value is -2.82. The second-order valence-corrected chi connectivity index (χ2v) is 6.00. The molecule has 0 N–H and O–H groups in total. The van der Waals surface area contributed by atoms with Crippen molar-refractivity contribution in [1.82, 2.24) is 0 Å². The molecular formula is C20H22N2O3. The molecule has 0 spiro atoms. The Bertz CT molecular complexity index is 761. The van der Waals surface area contributed by atoms with Crippen LogP contribution in [0.5, 0.6) is 5.75 Å². The number of ether oxygens (including phenoxy) is 1. The Labute approximate surface area is 147 Å².